The predicted octanol–water partition coefficient (Wildman–Crippen LogP) is 15.6. The van der Waals surface area contributed by atoms with Crippen LogP contribution in [0.4, 0.5) is 0 Å². The van der Waals surface area contributed by atoms with E-state index >= 15 is 0 Å². The predicted molar refractivity (Wildman–Crippen MR) is 198 cm³/mol. The Balaban J connectivity index is 1.89. The summed E-state index contributed by atoms with van der Waals surface area (Å²) in [6, 6.07) is 2.22. The number of allylic oxidation sites excluding steroid dienone is 2. The van der Waals surface area contributed by atoms with E-state index in [1.165, 1.54) is 217 Å². The van der Waals surface area contributed by atoms with Crippen LogP contribution in [-0.2, 0) is 0 Å². The molecule has 1 heteroatoms. The van der Waals surface area contributed by atoms with Gasteiger partial charge in [-0.25, -0.2) is 0 Å². The Labute approximate surface area is 271 Å². The molecule has 0 bridgehead atoms. The smallest absolute Gasteiger partial charge is 0.0450 e. The molecule has 0 spiro atoms. The summed E-state index contributed by atoms with van der Waals surface area (Å²) in [5.41, 5.74) is 2.61. The van der Waals surface area contributed by atoms with Crippen molar-refractivity contribution in [3.8, 4) is 0 Å². The zero-order valence-electron chi connectivity index (χ0n) is 29.6. The normalized spacial score (nSPS) is 12.0. The van der Waals surface area contributed by atoms with E-state index in [-0.39, 0.29) is 0 Å². The number of H-pyrrole nitrogens is 1. The van der Waals surface area contributed by atoms with Crippen molar-refractivity contribution in [2.45, 2.75) is 219 Å². The molecular formula is C42H77N. The first kappa shape index (κ1) is 39.8. The van der Waals surface area contributed by atoms with Gasteiger partial charge in [0.1, 0.15) is 0 Å². The molecular weight excluding hydrogens is 518 g/mol. The summed E-state index contributed by atoms with van der Waals surface area (Å²) in [5, 5.41) is 0. The SMILES string of the molecule is CCCCCCCCCCCCCCCCCC=Cc1cc[nH]c1C=CCCCCCCCCCCCCCCCCC. The van der Waals surface area contributed by atoms with Gasteiger partial charge in [0.25, 0.3) is 0 Å². The lowest BCUT2D eigenvalue weighted by Gasteiger charge is -2.03. The van der Waals surface area contributed by atoms with Crippen molar-refractivity contribution in [1.82, 2.24) is 4.98 Å². The van der Waals surface area contributed by atoms with Crippen LogP contribution < -0.4 is 0 Å². The second-order valence-corrected chi connectivity index (χ2v) is 13.6. The van der Waals surface area contributed by atoms with Crippen LogP contribution in [-0.4, -0.2) is 4.98 Å². The lowest BCUT2D eigenvalue weighted by atomic mass is 10.0. The van der Waals surface area contributed by atoms with Gasteiger partial charge < -0.3 is 4.98 Å². The molecule has 0 aromatic carbocycles. The van der Waals surface area contributed by atoms with Gasteiger partial charge in [-0.05, 0) is 43.4 Å². The van der Waals surface area contributed by atoms with Gasteiger partial charge in [0.05, 0.1) is 0 Å². The molecule has 0 fully saturated rings. The molecule has 0 atom stereocenters. The standard InChI is InChI=1S/C42H77N/c1-3-5-7-9-11-13-15-17-19-21-23-25-27-29-31-33-35-37-41-39-40-43-42(41)38-36-34-32-30-28-26-24-22-20-18-16-14-12-10-8-6-4-2/h35-40,43H,3-34H2,1-2H3. The van der Waals surface area contributed by atoms with E-state index in [1.807, 2.05) is 0 Å². The Morgan fingerprint density at radius 1 is 0.395 bits per heavy atom. The number of hydrogen-bond acceptors (Lipinski definition) is 0. The van der Waals surface area contributed by atoms with Crippen LogP contribution in [0.25, 0.3) is 12.2 Å². The summed E-state index contributed by atoms with van der Waals surface area (Å²) in [4.78, 5) is 3.43. The van der Waals surface area contributed by atoms with Crippen LogP contribution >= 0.6 is 0 Å². The van der Waals surface area contributed by atoms with Crippen LogP contribution in [0.2, 0.25) is 0 Å². The van der Waals surface area contributed by atoms with Crippen molar-refractivity contribution >= 4 is 12.2 Å². The fourth-order valence-electron chi connectivity index (χ4n) is 6.36. The molecule has 0 saturated heterocycles. The molecule has 0 unspecified atom stereocenters. The number of rotatable bonds is 34. The molecule has 1 N–H and O–H groups in total. The summed E-state index contributed by atoms with van der Waals surface area (Å²) in [7, 11) is 0. The van der Waals surface area contributed by atoms with Crippen LogP contribution in [0.5, 0.6) is 0 Å². The first-order valence-electron chi connectivity index (χ1n) is 19.9. The van der Waals surface area contributed by atoms with E-state index in [1.54, 1.807) is 0 Å². The maximum atomic E-state index is 3.43. The van der Waals surface area contributed by atoms with Gasteiger partial charge in [0.15, 0.2) is 0 Å². The molecule has 0 aliphatic heterocycles. The molecule has 0 radical (unpaired) electrons. The molecule has 1 aromatic heterocycles. The molecule has 1 nitrogen and oxygen atoms in total. The highest BCUT2D eigenvalue weighted by Crippen LogP contribution is 2.17. The van der Waals surface area contributed by atoms with Crippen molar-refractivity contribution in [2.24, 2.45) is 0 Å². The Bertz CT molecular complexity index is 652. The number of hydrogen-bond donors (Lipinski definition) is 1. The third kappa shape index (κ3) is 28.0. The number of aromatic amines is 1. The number of nitrogens with one attached hydrogen (secondary N) is 1. The van der Waals surface area contributed by atoms with Crippen molar-refractivity contribution in [3.05, 3.63) is 35.7 Å². The fraction of sp³-hybridized carbons (Fsp3) is 0.810. The lowest BCUT2D eigenvalue weighted by Crippen LogP contribution is -1.83. The van der Waals surface area contributed by atoms with Gasteiger partial charge in [-0.3, -0.25) is 0 Å². The zero-order chi connectivity index (χ0) is 30.7. The minimum Gasteiger partial charge on any atom is -0.361 e. The first-order valence-corrected chi connectivity index (χ1v) is 19.9. The maximum Gasteiger partial charge on any atom is 0.0450 e. The highest BCUT2D eigenvalue weighted by Gasteiger charge is 1.98. The molecule has 0 aliphatic rings. The quantitative estimate of drug-likeness (QED) is 0.0763. The van der Waals surface area contributed by atoms with Crippen molar-refractivity contribution in [1.29, 1.82) is 0 Å². The Kier molecular flexibility index (Phi) is 31.1. The van der Waals surface area contributed by atoms with Crippen LogP contribution in [0.15, 0.2) is 24.4 Å². The van der Waals surface area contributed by atoms with E-state index in [0.29, 0.717) is 0 Å². The van der Waals surface area contributed by atoms with E-state index in [0.717, 1.165) is 0 Å². The summed E-state index contributed by atoms with van der Waals surface area (Å²) < 4.78 is 0. The highest BCUT2D eigenvalue weighted by atomic mass is 14.7. The molecule has 43 heavy (non-hydrogen) atoms. The van der Waals surface area contributed by atoms with E-state index in [2.05, 4.69) is 55.4 Å². The molecule has 250 valence electrons. The Hall–Kier alpha value is -1.24. The minimum atomic E-state index is 1.21. The van der Waals surface area contributed by atoms with E-state index < -0.39 is 0 Å². The van der Waals surface area contributed by atoms with Crippen LogP contribution in [0.3, 0.4) is 0 Å². The van der Waals surface area contributed by atoms with E-state index in [9.17, 15) is 0 Å². The Morgan fingerprint density at radius 3 is 1.05 bits per heavy atom. The topological polar surface area (TPSA) is 15.8 Å². The fourth-order valence-corrected chi connectivity index (χ4v) is 6.36. The summed E-state index contributed by atoms with van der Waals surface area (Å²) in [5.74, 6) is 0. The average molecular weight is 596 g/mol. The molecule has 0 aliphatic carbocycles. The molecule has 1 rings (SSSR count). The summed E-state index contributed by atoms with van der Waals surface area (Å²) in [6.45, 7) is 4.61. The lowest BCUT2D eigenvalue weighted by molar-refractivity contribution is 0.533. The third-order valence-electron chi connectivity index (χ3n) is 9.34. The van der Waals surface area contributed by atoms with E-state index in [4.69, 9.17) is 0 Å². The van der Waals surface area contributed by atoms with Gasteiger partial charge >= 0.3 is 0 Å². The van der Waals surface area contributed by atoms with Gasteiger partial charge in [0.2, 0.25) is 0 Å². The zero-order valence-corrected chi connectivity index (χ0v) is 29.6. The van der Waals surface area contributed by atoms with Gasteiger partial charge in [-0.15, -0.1) is 0 Å². The molecule has 1 heterocycles. The van der Waals surface area contributed by atoms with Gasteiger partial charge in [-0.2, -0.15) is 0 Å². The van der Waals surface area contributed by atoms with Crippen molar-refractivity contribution in [3.63, 3.8) is 0 Å². The molecule has 0 amide bonds. The van der Waals surface area contributed by atoms with Crippen molar-refractivity contribution in [2.75, 3.05) is 0 Å². The first-order chi connectivity index (χ1) is 21.4. The second kappa shape index (κ2) is 33.6. The van der Waals surface area contributed by atoms with Crippen molar-refractivity contribution < 1.29 is 0 Å². The monoisotopic (exact) mass is 596 g/mol. The second-order valence-electron chi connectivity index (χ2n) is 13.6. The van der Waals surface area contributed by atoms with Crippen LogP contribution in [0.1, 0.15) is 231 Å². The summed E-state index contributed by atoms with van der Waals surface area (Å²) in [6.07, 6.45) is 57.0. The molecule has 0 saturated carbocycles. The van der Waals surface area contributed by atoms with Gasteiger partial charge in [0, 0.05) is 11.9 Å². The van der Waals surface area contributed by atoms with Crippen LogP contribution in [0, 0.1) is 0 Å². The highest BCUT2D eigenvalue weighted by molar-refractivity contribution is 5.62. The molecule has 1 aromatic rings. The largest absolute Gasteiger partial charge is 0.361 e. The summed E-state index contributed by atoms with van der Waals surface area (Å²) >= 11 is 0. The number of unbranched alkanes of at least 4 members (excludes halogenated alkanes) is 30. The minimum absolute atomic E-state index is 1.21. The van der Waals surface area contributed by atoms with Gasteiger partial charge in [-0.1, -0.05) is 212 Å². The Morgan fingerprint density at radius 2 is 0.698 bits per heavy atom. The maximum absolute atomic E-state index is 3.43. The third-order valence-corrected chi connectivity index (χ3v) is 9.34. The average Bonchev–Trinajstić information content (AvgIpc) is 3.47. The number of aromatic nitrogens is 1.